The number of carbonyl (C=O) groups excluding carboxylic acids is 1. The molecule has 0 unspecified atom stereocenters. The van der Waals surface area contributed by atoms with Crippen LogP contribution in [-0.4, -0.2) is 26.1 Å². The van der Waals surface area contributed by atoms with Gasteiger partial charge in [0.2, 0.25) is 0 Å². The molecule has 1 atom stereocenters. The molecule has 2 rings (SSSR count). The number of rotatable bonds is 3. The van der Waals surface area contributed by atoms with E-state index in [0.29, 0.717) is 11.6 Å². The summed E-state index contributed by atoms with van der Waals surface area (Å²) in [4.78, 5) is 30.0. The summed E-state index contributed by atoms with van der Waals surface area (Å²) in [6.45, 7) is 3.48. The first-order valence-electron chi connectivity index (χ1n) is 5.55. The lowest BCUT2D eigenvalue weighted by Gasteiger charge is -2.09. The van der Waals surface area contributed by atoms with Gasteiger partial charge in [-0.15, -0.1) is 0 Å². The highest BCUT2D eigenvalue weighted by molar-refractivity contribution is 6.30. The molecule has 0 aliphatic carbocycles. The molecule has 100 valence electrons. The van der Waals surface area contributed by atoms with Crippen LogP contribution in [0, 0.1) is 6.92 Å². The van der Waals surface area contributed by atoms with E-state index in [1.54, 1.807) is 13.8 Å². The Morgan fingerprint density at radius 2 is 2.26 bits per heavy atom. The van der Waals surface area contributed by atoms with Crippen molar-refractivity contribution >= 4 is 17.5 Å². The molecule has 0 spiro atoms. The molecule has 0 fully saturated rings. The number of hydrogen-bond acceptors (Lipinski definition) is 4. The number of amides is 1. The van der Waals surface area contributed by atoms with E-state index >= 15 is 0 Å². The van der Waals surface area contributed by atoms with Crippen molar-refractivity contribution in [3.63, 3.8) is 0 Å². The molecule has 1 amide bonds. The van der Waals surface area contributed by atoms with Crippen LogP contribution in [0.4, 0.5) is 0 Å². The minimum atomic E-state index is -0.529. The van der Waals surface area contributed by atoms with Crippen LogP contribution in [0.1, 0.15) is 35.0 Å². The van der Waals surface area contributed by atoms with Gasteiger partial charge in [0.05, 0.1) is 11.1 Å². The molecular weight excluding hydrogens is 270 g/mol. The smallest absolute Gasteiger partial charge is 0.260 e. The summed E-state index contributed by atoms with van der Waals surface area (Å²) >= 11 is 5.74. The van der Waals surface area contributed by atoms with Crippen molar-refractivity contribution in [1.29, 1.82) is 0 Å². The van der Waals surface area contributed by atoms with Gasteiger partial charge in [-0.25, -0.2) is 4.98 Å². The van der Waals surface area contributed by atoms with E-state index in [1.807, 2.05) is 0 Å². The fourth-order valence-electron chi connectivity index (χ4n) is 1.52. The van der Waals surface area contributed by atoms with Gasteiger partial charge in [-0.3, -0.25) is 14.7 Å². The lowest BCUT2D eigenvalue weighted by molar-refractivity contribution is 0.0937. The van der Waals surface area contributed by atoms with Crippen LogP contribution in [0.15, 0.2) is 17.1 Å². The maximum absolute atomic E-state index is 12.0. The summed E-state index contributed by atoms with van der Waals surface area (Å²) in [5, 5.41) is 9.54. The molecule has 2 heterocycles. The van der Waals surface area contributed by atoms with Crippen LogP contribution in [0.2, 0.25) is 5.02 Å². The highest BCUT2D eigenvalue weighted by Crippen LogP contribution is 2.09. The van der Waals surface area contributed by atoms with Crippen LogP contribution < -0.4 is 10.9 Å². The number of pyridine rings is 1. The molecule has 2 aromatic rings. The van der Waals surface area contributed by atoms with Gasteiger partial charge in [0.15, 0.2) is 5.82 Å². The van der Waals surface area contributed by atoms with Crippen molar-refractivity contribution in [1.82, 2.24) is 25.5 Å². The molecular formula is C11H12ClN5O2. The van der Waals surface area contributed by atoms with Crippen LogP contribution in [-0.2, 0) is 0 Å². The molecule has 0 saturated carbocycles. The van der Waals surface area contributed by atoms with Crippen molar-refractivity contribution < 1.29 is 4.79 Å². The molecule has 0 aliphatic rings. The topological polar surface area (TPSA) is 104 Å². The number of H-pyrrole nitrogens is 2. The summed E-state index contributed by atoms with van der Waals surface area (Å²) in [7, 11) is 0. The SMILES string of the molecule is Cc1nc([C@H](C)NC(=O)c2cc(Cl)c[nH]c2=O)n[nH]1. The van der Waals surface area contributed by atoms with Gasteiger partial charge >= 0.3 is 0 Å². The second kappa shape index (κ2) is 5.23. The number of nitrogens with one attached hydrogen (secondary N) is 3. The van der Waals surface area contributed by atoms with E-state index in [0.717, 1.165) is 0 Å². The van der Waals surface area contributed by atoms with Gasteiger partial charge < -0.3 is 10.3 Å². The number of aromatic nitrogens is 4. The average Bonchev–Trinajstić information content (AvgIpc) is 2.79. The molecule has 3 N–H and O–H groups in total. The Morgan fingerprint density at radius 3 is 2.89 bits per heavy atom. The van der Waals surface area contributed by atoms with Gasteiger partial charge in [-0.05, 0) is 19.9 Å². The van der Waals surface area contributed by atoms with Crippen molar-refractivity contribution in [2.24, 2.45) is 0 Å². The number of hydrogen-bond donors (Lipinski definition) is 3. The Hall–Kier alpha value is -2.15. The molecule has 19 heavy (non-hydrogen) atoms. The summed E-state index contributed by atoms with van der Waals surface area (Å²) in [5.74, 6) is 0.569. The van der Waals surface area contributed by atoms with Gasteiger partial charge in [0.25, 0.3) is 11.5 Å². The van der Waals surface area contributed by atoms with E-state index in [1.165, 1.54) is 12.3 Å². The minimum absolute atomic E-state index is 0.0494. The number of aromatic amines is 2. The van der Waals surface area contributed by atoms with Gasteiger partial charge in [-0.2, -0.15) is 5.10 Å². The van der Waals surface area contributed by atoms with E-state index in [9.17, 15) is 9.59 Å². The zero-order valence-electron chi connectivity index (χ0n) is 10.3. The maximum Gasteiger partial charge on any atom is 0.260 e. The second-order valence-electron chi connectivity index (χ2n) is 4.03. The van der Waals surface area contributed by atoms with Crippen molar-refractivity contribution in [3.8, 4) is 0 Å². The molecule has 7 nitrogen and oxygen atoms in total. The summed E-state index contributed by atoms with van der Waals surface area (Å²) < 4.78 is 0. The highest BCUT2D eigenvalue weighted by Gasteiger charge is 2.17. The Kier molecular flexibility index (Phi) is 3.66. The van der Waals surface area contributed by atoms with E-state index in [4.69, 9.17) is 11.6 Å². The summed E-state index contributed by atoms with van der Waals surface area (Å²) in [5.41, 5.74) is -0.549. The third-order valence-corrected chi connectivity index (χ3v) is 2.68. The summed E-state index contributed by atoms with van der Waals surface area (Å²) in [6.07, 6.45) is 1.32. The number of nitrogens with zero attached hydrogens (tertiary/aromatic N) is 2. The quantitative estimate of drug-likeness (QED) is 0.779. The lowest BCUT2D eigenvalue weighted by atomic mass is 10.2. The van der Waals surface area contributed by atoms with Crippen LogP contribution >= 0.6 is 11.6 Å². The highest BCUT2D eigenvalue weighted by atomic mass is 35.5. The maximum atomic E-state index is 12.0. The number of aryl methyl sites for hydroxylation is 1. The third-order valence-electron chi connectivity index (χ3n) is 2.46. The Morgan fingerprint density at radius 1 is 1.53 bits per heavy atom. The van der Waals surface area contributed by atoms with Crippen LogP contribution in [0.3, 0.4) is 0 Å². The van der Waals surface area contributed by atoms with Gasteiger partial charge in [0, 0.05) is 6.20 Å². The fourth-order valence-corrected chi connectivity index (χ4v) is 1.68. The monoisotopic (exact) mass is 281 g/mol. The molecule has 0 aromatic carbocycles. The zero-order valence-corrected chi connectivity index (χ0v) is 11.1. The van der Waals surface area contributed by atoms with Crippen molar-refractivity contribution in [3.05, 3.63) is 44.9 Å². The van der Waals surface area contributed by atoms with Crippen LogP contribution in [0.25, 0.3) is 0 Å². The first-order valence-corrected chi connectivity index (χ1v) is 5.93. The Labute approximate surface area is 113 Å². The fraction of sp³-hybridized carbons (Fsp3) is 0.273. The standard InChI is InChI=1S/C11H12ClN5O2/c1-5(9-15-6(2)16-17-9)14-11(19)8-3-7(12)4-13-10(8)18/h3-5H,1-2H3,(H,13,18)(H,14,19)(H,15,16,17)/t5-/m0/s1. The summed E-state index contributed by atoms with van der Waals surface area (Å²) in [6, 6.07) is 0.891. The average molecular weight is 282 g/mol. The van der Waals surface area contributed by atoms with E-state index < -0.39 is 17.5 Å². The largest absolute Gasteiger partial charge is 0.342 e. The number of carbonyl (C=O) groups is 1. The molecule has 0 radical (unpaired) electrons. The molecule has 2 aromatic heterocycles. The lowest BCUT2D eigenvalue weighted by Crippen LogP contribution is -2.32. The van der Waals surface area contributed by atoms with Gasteiger partial charge in [0.1, 0.15) is 11.4 Å². The van der Waals surface area contributed by atoms with E-state index in [-0.39, 0.29) is 10.6 Å². The normalized spacial score (nSPS) is 12.2. The Bertz CT molecular complexity index is 663. The first kappa shape index (κ1) is 13.3. The molecule has 0 aliphatic heterocycles. The van der Waals surface area contributed by atoms with Gasteiger partial charge in [-0.1, -0.05) is 11.6 Å². The zero-order chi connectivity index (χ0) is 14.0. The molecule has 8 heteroatoms. The number of halogens is 1. The van der Waals surface area contributed by atoms with Crippen molar-refractivity contribution in [2.45, 2.75) is 19.9 Å². The predicted octanol–water partition coefficient (Wildman–Crippen LogP) is 0.946. The first-order chi connectivity index (χ1) is 8.97. The third kappa shape index (κ3) is 3.00. The van der Waals surface area contributed by atoms with E-state index in [2.05, 4.69) is 25.5 Å². The Balaban J connectivity index is 2.17. The minimum Gasteiger partial charge on any atom is -0.342 e. The van der Waals surface area contributed by atoms with Crippen molar-refractivity contribution in [2.75, 3.05) is 0 Å². The molecule has 0 saturated heterocycles. The van der Waals surface area contributed by atoms with Crippen LogP contribution in [0.5, 0.6) is 0 Å². The second-order valence-corrected chi connectivity index (χ2v) is 4.47. The predicted molar refractivity (Wildman–Crippen MR) is 69.1 cm³/mol. The molecule has 0 bridgehead atoms.